The van der Waals surface area contributed by atoms with E-state index in [1.165, 1.54) is 0 Å². The summed E-state index contributed by atoms with van der Waals surface area (Å²) in [6.45, 7) is 1.12. The fraction of sp³-hybridized carbons (Fsp3) is 0.857. The minimum absolute atomic E-state index is 0.371. The van der Waals surface area contributed by atoms with Crippen LogP contribution in [0.5, 0.6) is 0 Å². The molecule has 1 saturated heterocycles. The fourth-order valence-corrected chi connectivity index (χ4v) is 3.61. The summed E-state index contributed by atoms with van der Waals surface area (Å²) < 4.78 is 55.9. The second kappa shape index (κ2) is 4.84. The molecule has 22 heavy (non-hydrogen) atoms. The Morgan fingerprint density at radius 2 is 1.91 bits per heavy atom. The molecule has 0 bridgehead atoms. The van der Waals surface area contributed by atoms with Crippen molar-refractivity contribution in [2.45, 2.75) is 69.6 Å². The van der Waals surface area contributed by atoms with Crippen molar-refractivity contribution in [3.8, 4) is 0 Å². The van der Waals surface area contributed by atoms with Gasteiger partial charge in [-0.05, 0) is 12.8 Å². The number of alkyl halides is 3. The van der Waals surface area contributed by atoms with Crippen molar-refractivity contribution < 1.29 is 37.0 Å². The van der Waals surface area contributed by atoms with Gasteiger partial charge >= 0.3 is 18.1 Å². The standard InChI is InChI=1S/C14H17F3O5/c1-8(18)20-9-7-13(14(15,16)17)10(9)21-12(22-11(13)19)5-3-2-4-6-12/h9-10H,2-7H2,1H3/t9-,10+,13+/m1/s1. The third kappa shape index (κ3) is 2.11. The van der Waals surface area contributed by atoms with Gasteiger partial charge in [0.15, 0.2) is 5.41 Å². The Morgan fingerprint density at radius 3 is 2.45 bits per heavy atom. The van der Waals surface area contributed by atoms with Crippen molar-refractivity contribution in [1.82, 2.24) is 0 Å². The molecular formula is C14H17F3O5. The van der Waals surface area contributed by atoms with Crippen LogP contribution in [0.4, 0.5) is 13.2 Å². The van der Waals surface area contributed by atoms with E-state index in [0.29, 0.717) is 12.8 Å². The Labute approximate surface area is 125 Å². The summed E-state index contributed by atoms with van der Waals surface area (Å²) in [5, 5.41) is 0. The predicted molar refractivity (Wildman–Crippen MR) is 65.4 cm³/mol. The molecule has 0 radical (unpaired) electrons. The van der Waals surface area contributed by atoms with Gasteiger partial charge in [0.2, 0.25) is 5.79 Å². The molecule has 124 valence electrons. The first kappa shape index (κ1) is 15.6. The Kier molecular flexibility index (Phi) is 3.43. The molecule has 0 aromatic carbocycles. The molecule has 2 aliphatic carbocycles. The highest BCUT2D eigenvalue weighted by molar-refractivity contribution is 5.82. The highest BCUT2D eigenvalue weighted by Crippen LogP contribution is 2.61. The first-order valence-electron chi connectivity index (χ1n) is 7.35. The zero-order chi connectivity index (χ0) is 16.2. The van der Waals surface area contributed by atoms with Crippen LogP contribution in [0.15, 0.2) is 0 Å². The molecule has 3 atom stereocenters. The van der Waals surface area contributed by atoms with Gasteiger partial charge in [-0.2, -0.15) is 13.2 Å². The second-order valence-corrected chi connectivity index (χ2v) is 6.22. The van der Waals surface area contributed by atoms with E-state index in [1.807, 2.05) is 0 Å². The van der Waals surface area contributed by atoms with Crippen LogP contribution in [0.1, 0.15) is 45.4 Å². The maximum Gasteiger partial charge on any atom is 0.407 e. The molecular weight excluding hydrogens is 305 g/mol. The topological polar surface area (TPSA) is 61.8 Å². The molecule has 8 heteroatoms. The average molecular weight is 322 g/mol. The molecule has 2 saturated carbocycles. The van der Waals surface area contributed by atoms with E-state index in [-0.39, 0.29) is 0 Å². The number of esters is 2. The molecule has 3 aliphatic rings. The van der Waals surface area contributed by atoms with Crippen LogP contribution in [-0.2, 0) is 23.8 Å². The summed E-state index contributed by atoms with van der Waals surface area (Å²) in [6.07, 6.45) is -4.93. The zero-order valence-electron chi connectivity index (χ0n) is 12.1. The average Bonchev–Trinajstić information content (AvgIpc) is 2.38. The van der Waals surface area contributed by atoms with E-state index in [9.17, 15) is 22.8 Å². The Balaban J connectivity index is 1.90. The van der Waals surface area contributed by atoms with E-state index in [4.69, 9.17) is 14.2 Å². The second-order valence-electron chi connectivity index (χ2n) is 6.22. The first-order chi connectivity index (χ1) is 10.2. The van der Waals surface area contributed by atoms with Gasteiger partial charge in [-0.15, -0.1) is 0 Å². The number of carbonyl (C=O) groups excluding carboxylic acids is 2. The van der Waals surface area contributed by atoms with Crippen LogP contribution in [0, 0.1) is 5.41 Å². The molecule has 1 spiro atoms. The number of carbonyl (C=O) groups is 2. The third-order valence-electron chi connectivity index (χ3n) is 4.77. The van der Waals surface area contributed by atoms with Crippen LogP contribution in [0.2, 0.25) is 0 Å². The van der Waals surface area contributed by atoms with Crippen LogP contribution in [0.25, 0.3) is 0 Å². The van der Waals surface area contributed by atoms with Gasteiger partial charge in [0.05, 0.1) is 0 Å². The van der Waals surface area contributed by atoms with E-state index < -0.39 is 47.9 Å². The minimum Gasteiger partial charge on any atom is -0.460 e. The van der Waals surface area contributed by atoms with Crippen molar-refractivity contribution in [2.75, 3.05) is 0 Å². The van der Waals surface area contributed by atoms with Crippen molar-refractivity contribution >= 4 is 11.9 Å². The number of fused-ring (bicyclic) bond motifs is 1. The molecule has 1 heterocycles. The minimum atomic E-state index is -4.80. The van der Waals surface area contributed by atoms with E-state index in [0.717, 1.165) is 26.2 Å². The molecule has 0 aromatic rings. The summed E-state index contributed by atoms with van der Waals surface area (Å²) in [5.74, 6) is -3.30. The lowest BCUT2D eigenvalue weighted by molar-refractivity contribution is -0.402. The molecule has 3 fully saturated rings. The predicted octanol–water partition coefficient (Wildman–Crippen LogP) is 2.47. The normalized spacial score (nSPS) is 37.0. The van der Waals surface area contributed by atoms with Gasteiger partial charge in [-0.25, -0.2) is 0 Å². The molecule has 0 unspecified atom stereocenters. The molecule has 0 N–H and O–H groups in total. The molecule has 5 nitrogen and oxygen atoms in total. The van der Waals surface area contributed by atoms with Gasteiger partial charge < -0.3 is 14.2 Å². The van der Waals surface area contributed by atoms with E-state index in [2.05, 4.69) is 0 Å². The van der Waals surface area contributed by atoms with Crippen molar-refractivity contribution in [3.05, 3.63) is 0 Å². The van der Waals surface area contributed by atoms with Gasteiger partial charge in [0.25, 0.3) is 0 Å². The van der Waals surface area contributed by atoms with Gasteiger partial charge in [0.1, 0.15) is 12.2 Å². The number of ether oxygens (including phenoxy) is 3. The van der Waals surface area contributed by atoms with Crippen molar-refractivity contribution in [2.24, 2.45) is 5.41 Å². The van der Waals surface area contributed by atoms with Crippen molar-refractivity contribution in [1.29, 1.82) is 0 Å². The highest BCUT2D eigenvalue weighted by atomic mass is 19.4. The summed E-state index contributed by atoms with van der Waals surface area (Å²) in [7, 11) is 0. The molecule has 0 aromatic heterocycles. The monoisotopic (exact) mass is 322 g/mol. The first-order valence-corrected chi connectivity index (χ1v) is 7.35. The van der Waals surface area contributed by atoms with Crippen LogP contribution in [-0.4, -0.2) is 36.1 Å². The number of hydrogen-bond donors (Lipinski definition) is 0. The third-order valence-corrected chi connectivity index (χ3v) is 4.77. The van der Waals surface area contributed by atoms with Crippen LogP contribution >= 0.6 is 0 Å². The SMILES string of the molecule is CC(=O)O[C@@H]1C[C@@]2(C(F)(F)F)C(=O)OC3(CCCCC3)O[C@@H]12. The quantitative estimate of drug-likeness (QED) is 0.694. The molecule has 1 aliphatic heterocycles. The Morgan fingerprint density at radius 1 is 1.27 bits per heavy atom. The maximum atomic E-state index is 13.4. The van der Waals surface area contributed by atoms with Crippen LogP contribution in [0.3, 0.4) is 0 Å². The number of hydrogen-bond acceptors (Lipinski definition) is 5. The number of rotatable bonds is 1. The van der Waals surface area contributed by atoms with Crippen LogP contribution < -0.4 is 0 Å². The summed E-state index contributed by atoms with van der Waals surface area (Å²) in [4.78, 5) is 23.2. The van der Waals surface area contributed by atoms with E-state index >= 15 is 0 Å². The van der Waals surface area contributed by atoms with Crippen molar-refractivity contribution in [3.63, 3.8) is 0 Å². The smallest absolute Gasteiger partial charge is 0.407 e. The largest absolute Gasteiger partial charge is 0.460 e. The lowest BCUT2D eigenvalue weighted by atomic mass is 9.62. The maximum absolute atomic E-state index is 13.4. The van der Waals surface area contributed by atoms with Gasteiger partial charge in [0, 0.05) is 26.2 Å². The highest BCUT2D eigenvalue weighted by Gasteiger charge is 2.79. The Bertz CT molecular complexity index is 497. The lowest BCUT2D eigenvalue weighted by Gasteiger charge is -2.58. The molecule has 0 amide bonds. The number of halogens is 3. The summed E-state index contributed by atoms with van der Waals surface area (Å²) in [6, 6.07) is 0. The fourth-order valence-electron chi connectivity index (χ4n) is 3.61. The van der Waals surface area contributed by atoms with Gasteiger partial charge in [-0.3, -0.25) is 9.59 Å². The lowest BCUT2D eigenvalue weighted by Crippen LogP contribution is -2.75. The summed E-state index contributed by atoms with van der Waals surface area (Å²) in [5.41, 5.74) is -2.71. The Hall–Kier alpha value is -1.31. The van der Waals surface area contributed by atoms with Gasteiger partial charge in [-0.1, -0.05) is 6.42 Å². The molecule has 3 rings (SSSR count). The summed E-state index contributed by atoms with van der Waals surface area (Å²) >= 11 is 0. The zero-order valence-corrected chi connectivity index (χ0v) is 12.1. The van der Waals surface area contributed by atoms with E-state index in [1.54, 1.807) is 0 Å².